The summed E-state index contributed by atoms with van der Waals surface area (Å²) in [6.45, 7) is 2.82. The number of aryl methyl sites for hydroxylation is 1. The smallest absolute Gasteiger partial charge is 0.325 e. The quantitative estimate of drug-likeness (QED) is 0.756. The first-order valence-corrected chi connectivity index (χ1v) is 5.96. The van der Waals surface area contributed by atoms with Gasteiger partial charge in [-0.1, -0.05) is 6.08 Å². The fourth-order valence-electron chi connectivity index (χ4n) is 1.45. The number of hydrogen-bond donors (Lipinski definition) is 0. The molecule has 0 aromatic carbocycles. The Bertz CT molecular complexity index is 479. The SMILES string of the molecule is COC(=O)CN1C=CC(c2nc(C)ns2)=CC1. The molecule has 1 aliphatic heterocycles. The Balaban J connectivity index is 1.99. The first-order chi connectivity index (χ1) is 8.19. The molecule has 2 heterocycles. The van der Waals surface area contributed by atoms with Crippen LogP contribution in [0.5, 0.6) is 0 Å². The van der Waals surface area contributed by atoms with Gasteiger partial charge in [0.2, 0.25) is 0 Å². The third-order valence-electron chi connectivity index (χ3n) is 2.35. The second kappa shape index (κ2) is 5.09. The minimum absolute atomic E-state index is 0.238. The minimum Gasteiger partial charge on any atom is -0.468 e. The highest BCUT2D eigenvalue weighted by Gasteiger charge is 2.12. The second-order valence-electron chi connectivity index (χ2n) is 3.63. The Labute approximate surface area is 104 Å². The zero-order valence-electron chi connectivity index (χ0n) is 9.71. The average molecular weight is 251 g/mol. The van der Waals surface area contributed by atoms with Crippen LogP contribution in [0.25, 0.3) is 5.57 Å². The van der Waals surface area contributed by atoms with Crippen molar-refractivity contribution in [2.24, 2.45) is 0 Å². The Morgan fingerprint density at radius 1 is 1.65 bits per heavy atom. The van der Waals surface area contributed by atoms with E-state index in [1.165, 1.54) is 18.6 Å². The second-order valence-corrected chi connectivity index (χ2v) is 4.38. The van der Waals surface area contributed by atoms with Crippen molar-refractivity contribution < 1.29 is 9.53 Å². The number of allylic oxidation sites excluding steroid dienone is 2. The van der Waals surface area contributed by atoms with Gasteiger partial charge in [0.25, 0.3) is 0 Å². The van der Waals surface area contributed by atoms with Crippen LogP contribution in [-0.4, -0.2) is 40.4 Å². The van der Waals surface area contributed by atoms with Gasteiger partial charge >= 0.3 is 5.97 Å². The molecule has 0 saturated carbocycles. The highest BCUT2D eigenvalue weighted by atomic mass is 32.1. The standard InChI is InChI=1S/C11H13N3O2S/c1-8-12-11(17-13-8)9-3-5-14(6-4-9)7-10(15)16-2/h3-5H,6-7H2,1-2H3. The molecule has 17 heavy (non-hydrogen) atoms. The van der Waals surface area contributed by atoms with E-state index in [9.17, 15) is 4.79 Å². The van der Waals surface area contributed by atoms with Crippen LogP contribution >= 0.6 is 11.5 Å². The van der Waals surface area contributed by atoms with Crippen LogP contribution in [0.4, 0.5) is 0 Å². The summed E-state index contributed by atoms with van der Waals surface area (Å²) in [5, 5.41) is 0.913. The molecule has 5 nitrogen and oxygen atoms in total. The van der Waals surface area contributed by atoms with E-state index < -0.39 is 0 Å². The van der Waals surface area contributed by atoms with Gasteiger partial charge in [0.05, 0.1) is 7.11 Å². The van der Waals surface area contributed by atoms with Crippen LogP contribution in [-0.2, 0) is 9.53 Å². The molecule has 0 bridgehead atoms. The predicted molar refractivity (Wildman–Crippen MR) is 65.4 cm³/mol. The van der Waals surface area contributed by atoms with E-state index in [0.29, 0.717) is 6.54 Å². The fraction of sp³-hybridized carbons (Fsp3) is 0.364. The molecule has 0 unspecified atom stereocenters. The number of rotatable bonds is 3. The van der Waals surface area contributed by atoms with E-state index >= 15 is 0 Å². The number of carbonyl (C=O) groups excluding carboxylic acids is 1. The summed E-state index contributed by atoms with van der Waals surface area (Å²) in [5.41, 5.74) is 1.05. The lowest BCUT2D eigenvalue weighted by atomic mass is 10.2. The highest BCUT2D eigenvalue weighted by molar-refractivity contribution is 7.06. The van der Waals surface area contributed by atoms with Gasteiger partial charge in [-0.25, -0.2) is 4.98 Å². The number of ether oxygens (including phenoxy) is 1. The maximum atomic E-state index is 11.1. The van der Waals surface area contributed by atoms with E-state index in [4.69, 9.17) is 0 Å². The van der Waals surface area contributed by atoms with Gasteiger partial charge in [-0.05, 0) is 24.5 Å². The van der Waals surface area contributed by atoms with Gasteiger partial charge in [0.1, 0.15) is 17.4 Å². The molecule has 6 heteroatoms. The highest BCUT2D eigenvalue weighted by Crippen LogP contribution is 2.20. The Morgan fingerprint density at radius 2 is 2.47 bits per heavy atom. The van der Waals surface area contributed by atoms with Crippen molar-refractivity contribution in [1.29, 1.82) is 0 Å². The lowest BCUT2D eigenvalue weighted by Crippen LogP contribution is -2.27. The molecular formula is C11H13N3O2S. The molecule has 0 saturated heterocycles. The van der Waals surface area contributed by atoms with Gasteiger partial charge in [-0.3, -0.25) is 4.79 Å². The third kappa shape index (κ3) is 2.91. The van der Waals surface area contributed by atoms with E-state index in [-0.39, 0.29) is 12.5 Å². The number of methoxy groups -OCH3 is 1. The number of hydrogen-bond acceptors (Lipinski definition) is 6. The normalized spacial score (nSPS) is 14.7. The summed E-state index contributed by atoms with van der Waals surface area (Å²) in [5.74, 6) is 0.551. The zero-order chi connectivity index (χ0) is 12.3. The molecule has 0 spiro atoms. The summed E-state index contributed by atoms with van der Waals surface area (Å²) < 4.78 is 8.75. The molecule has 0 atom stereocenters. The Kier molecular flexibility index (Phi) is 3.53. The number of carbonyl (C=O) groups is 1. The van der Waals surface area contributed by atoms with Crippen molar-refractivity contribution in [1.82, 2.24) is 14.3 Å². The largest absolute Gasteiger partial charge is 0.468 e. The monoisotopic (exact) mass is 251 g/mol. The molecule has 1 aromatic heterocycles. The molecule has 1 aliphatic rings. The molecule has 0 N–H and O–H groups in total. The summed E-state index contributed by atoms with van der Waals surface area (Å²) in [4.78, 5) is 17.3. The van der Waals surface area contributed by atoms with Crippen LogP contribution in [0, 0.1) is 6.92 Å². The van der Waals surface area contributed by atoms with Crippen LogP contribution < -0.4 is 0 Å². The van der Waals surface area contributed by atoms with Crippen molar-refractivity contribution >= 4 is 23.1 Å². The van der Waals surface area contributed by atoms with E-state index in [0.717, 1.165) is 16.4 Å². The van der Waals surface area contributed by atoms with Crippen LogP contribution in [0.2, 0.25) is 0 Å². The lowest BCUT2D eigenvalue weighted by molar-refractivity contribution is -0.141. The minimum atomic E-state index is -0.238. The van der Waals surface area contributed by atoms with Gasteiger partial charge in [-0.2, -0.15) is 4.37 Å². The first kappa shape index (κ1) is 11.8. The number of aromatic nitrogens is 2. The fourth-order valence-corrected chi connectivity index (χ4v) is 2.14. The van der Waals surface area contributed by atoms with Gasteiger partial charge < -0.3 is 9.64 Å². The average Bonchev–Trinajstić information content (AvgIpc) is 2.77. The van der Waals surface area contributed by atoms with E-state index in [1.807, 2.05) is 30.2 Å². The zero-order valence-corrected chi connectivity index (χ0v) is 10.5. The topological polar surface area (TPSA) is 55.3 Å². The van der Waals surface area contributed by atoms with Crippen LogP contribution in [0.1, 0.15) is 10.8 Å². The maximum Gasteiger partial charge on any atom is 0.325 e. The van der Waals surface area contributed by atoms with Crippen molar-refractivity contribution in [3.63, 3.8) is 0 Å². The predicted octanol–water partition coefficient (Wildman–Crippen LogP) is 1.23. The van der Waals surface area contributed by atoms with Gasteiger partial charge in [-0.15, -0.1) is 0 Å². The molecular weight excluding hydrogens is 238 g/mol. The van der Waals surface area contributed by atoms with Gasteiger partial charge in [0, 0.05) is 18.3 Å². The Hall–Kier alpha value is -1.69. The van der Waals surface area contributed by atoms with Crippen molar-refractivity contribution in [3.8, 4) is 0 Å². The van der Waals surface area contributed by atoms with Crippen molar-refractivity contribution in [3.05, 3.63) is 29.2 Å². The third-order valence-corrected chi connectivity index (χ3v) is 3.20. The van der Waals surface area contributed by atoms with E-state index in [2.05, 4.69) is 14.1 Å². The molecule has 90 valence electrons. The van der Waals surface area contributed by atoms with E-state index in [1.54, 1.807) is 0 Å². The Morgan fingerprint density at radius 3 is 3.00 bits per heavy atom. The molecule has 0 amide bonds. The molecule has 0 radical (unpaired) electrons. The van der Waals surface area contributed by atoms with Crippen LogP contribution in [0.15, 0.2) is 18.4 Å². The van der Waals surface area contributed by atoms with Crippen LogP contribution in [0.3, 0.4) is 0 Å². The molecule has 1 aromatic rings. The van der Waals surface area contributed by atoms with Crippen molar-refractivity contribution in [2.75, 3.05) is 20.2 Å². The summed E-state index contributed by atoms with van der Waals surface area (Å²) in [6, 6.07) is 0. The molecule has 0 fully saturated rings. The maximum absolute atomic E-state index is 11.1. The van der Waals surface area contributed by atoms with Crippen molar-refractivity contribution in [2.45, 2.75) is 6.92 Å². The lowest BCUT2D eigenvalue weighted by Gasteiger charge is -2.20. The summed E-state index contributed by atoms with van der Waals surface area (Å²) in [7, 11) is 1.39. The summed E-state index contributed by atoms with van der Waals surface area (Å²) in [6.07, 6.45) is 5.85. The molecule has 2 rings (SSSR count). The summed E-state index contributed by atoms with van der Waals surface area (Å²) >= 11 is 1.38. The molecule has 0 aliphatic carbocycles. The number of nitrogens with zero attached hydrogens (tertiary/aromatic N) is 3. The number of esters is 1. The first-order valence-electron chi connectivity index (χ1n) is 5.19. The van der Waals surface area contributed by atoms with Gasteiger partial charge in [0.15, 0.2) is 0 Å².